The summed E-state index contributed by atoms with van der Waals surface area (Å²) >= 11 is 0. The largest absolute Gasteiger partial charge is 0.457 e. The molecule has 2 aromatic heterocycles. The number of benzene rings is 1. The summed E-state index contributed by atoms with van der Waals surface area (Å²) in [5, 5.41) is 8.79. The molecule has 5 rings (SSSR count). The average molecular weight is 488 g/mol. The third-order valence-electron chi connectivity index (χ3n) is 6.87. The number of carbonyl (C=O) groups excluding carboxylic acids is 2. The lowest BCUT2D eigenvalue weighted by Crippen LogP contribution is -2.44. The number of aryl methyl sites for hydroxylation is 1. The number of nitrogens with one attached hydrogen (secondary N) is 3. The monoisotopic (exact) mass is 487 g/mol. The molecule has 0 radical (unpaired) electrons. The zero-order chi connectivity index (χ0) is 25.1. The number of anilines is 3. The Bertz CT molecular complexity index is 1270. The zero-order valence-electron chi connectivity index (χ0n) is 20.4. The van der Waals surface area contributed by atoms with Gasteiger partial charge in [0.2, 0.25) is 11.9 Å². The molecule has 2 fully saturated rings. The van der Waals surface area contributed by atoms with Crippen molar-refractivity contribution in [3.63, 3.8) is 0 Å². The third-order valence-corrected chi connectivity index (χ3v) is 6.87. The van der Waals surface area contributed by atoms with Crippen LogP contribution in [-0.4, -0.2) is 53.4 Å². The average Bonchev–Trinajstić information content (AvgIpc) is 3.25. The number of nitrogens with zero attached hydrogens (tertiary/aromatic N) is 4. The van der Waals surface area contributed by atoms with E-state index in [9.17, 15) is 9.59 Å². The van der Waals surface area contributed by atoms with Gasteiger partial charge in [-0.3, -0.25) is 14.6 Å². The van der Waals surface area contributed by atoms with Crippen LogP contribution in [0.15, 0.2) is 48.8 Å². The van der Waals surface area contributed by atoms with E-state index in [1.165, 1.54) is 6.20 Å². The van der Waals surface area contributed by atoms with Crippen LogP contribution >= 0.6 is 0 Å². The molecule has 2 amide bonds. The highest BCUT2D eigenvalue weighted by atomic mass is 16.5. The summed E-state index contributed by atoms with van der Waals surface area (Å²) in [5.74, 6) is 2.48. The number of piperidine rings is 1. The topological polar surface area (TPSA) is 121 Å². The predicted molar refractivity (Wildman–Crippen MR) is 136 cm³/mol. The molecule has 3 aromatic rings. The Labute approximate surface area is 209 Å². The number of aromatic nitrogens is 3. The Morgan fingerprint density at radius 2 is 1.86 bits per heavy atom. The van der Waals surface area contributed by atoms with E-state index in [4.69, 9.17) is 9.72 Å². The zero-order valence-corrected chi connectivity index (χ0v) is 20.4. The van der Waals surface area contributed by atoms with E-state index in [-0.39, 0.29) is 22.9 Å². The molecule has 10 heteroatoms. The summed E-state index contributed by atoms with van der Waals surface area (Å²) in [6, 6.07) is 10.7. The van der Waals surface area contributed by atoms with Gasteiger partial charge in [0.05, 0.1) is 5.41 Å². The molecular weight excluding hydrogens is 458 g/mol. The van der Waals surface area contributed by atoms with Crippen LogP contribution in [-0.2, 0) is 4.79 Å². The highest BCUT2D eigenvalue weighted by Crippen LogP contribution is 2.39. The molecular formula is C26H29N7O3. The maximum atomic E-state index is 12.3. The van der Waals surface area contributed by atoms with Gasteiger partial charge in [0.15, 0.2) is 0 Å². The molecule has 186 valence electrons. The van der Waals surface area contributed by atoms with E-state index in [1.807, 2.05) is 37.4 Å². The summed E-state index contributed by atoms with van der Waals surface area (Å²) in [4.78, 5) is 39.6. The summed E-state index contributed by atoms with van der Waals surface area (Å²) < 4.78 is 5.87. The Morgan fingerprint density at radius 3 is 2.56 bits per heavy atom. The summed E-state index contributed by atoms with van der Waals surface area (Å²) in [7, 11) is 1.56. The van der Waals surface area contributed by atoms with Crippen molar-refractivity contribution in [2.75, 3.05) is 36.9 Å². The molecule has 2 aliphatic heterocycles. The van der Waals surface area contributed by atoms with Crippen LogP contribution < -0.4 is 25.6 Å². The van der Waals surface area contributed by atoms with Crippen LogP contribution in [0.5, 0.6) is 11.5 Å². The number of pyridine rings is 1. The van der Waals surface area contributed by atoms with Gasteiger partial charge in [-0.1, -0.05) is 0 Å². The van der Waals surface area contributed by atoms with E-state index in [1.54, 1.807) is 19.2 Å². The molecule has 0 atom stereocenters. The van der Waals surface area contributed by atoms with Gasteiger partial charge in [0.1, 0.15) is 23.0 Å². The molecule has 2 saturated heterocycles. The highest BCUT2D eigenvalue weighted by Gasteiger charge is 2.44. The summed E-state index contributed by atoms with van der Waals surface area (Å²) in [5.41, 5.74) is 1.90. The first kappa shape index (κ1) is 23.5. The Morgan fingerprint density at radius 1 is 1.08 bits per heavy atom. The second-order valence-corrected chi connectivity index (χ2v) is 9.18. The van der Waals surface area contributed by atoms with Crippen LogP contribution in [0.2, 0.25) is 0 Å². The lowest BCUT2D eigenvalue weighted by atomic mass is 9.77. The van der Waals surface area contributed by atoms with E-state index in [2.05, 4.69) is 30.8 Å². The van der Waals surface area contributed by atoms with Crippen molar-refractivity contribution in [2.45, 2.75) is 26.2 Å². The van der Waals surface area contributed by atoms with E-state index in [0.717, 1.165) is 56.0 Å². The molecule has 10 nitrogen and oxygen atoms in total. The molecule has 1 aromatic carbocycles. The van der Waals surface area contributed by atoms with Crippen LogP contribution in [0.25, 0.3) is 0 Å². The molecule has 1 spiro atoms. The molecule has 2 aliphatic rings. The van der Waals surface area contributed by atoms with E-state index < -0.39 is 0 Å². The fourth-order valence-corrected chi connectivity index (χ4v) is 4.75. The first-order valence-electron chi connectivity index (χ1n) is 12.1. The minimum Gasteiger partial charge on any atom is -0.457 e. The van der Waals surface area contributed by atoms with Gasteiger partial charge < -0.3 is 25.6 Å². The quantitative estimate of drug-likeness (QED) is 0.485. The minimum atomic E-state index is -0.273. The van der Waals surface area contributed by atoms with E-state index in [0.29, 0.717) is 17.4 Å². The van der Waals surface area contributed by atoms with Crippen LogP contribution in [0.1, 0.15) is 35.3 Å². The second kappa shape index (κ2) is 9.80. The maximum Gasteiger partial charge on any atom is 0.269 e. The predicted octanol–water partition coefficient (Wildman–Crippen LogP) is 3.18. The van der Waals surface area contributed by atoms with Crippen molar-refractivity contribution in [2.24, 2.45) is 5.41 Å². The van der Waals surface area contributed by atoms with Crippen LogP contribution in [0.3, 0.4) is 0 Å². The molecule has 0 aliphatic carbocycles. The molecule has 0 bridgehead atoms. The number of rotatable bonds is 6. The number of hydrogen-bond donors (Lipinski definition) is 3. The number of carbonyl (C=O) groups is 2. The van der Waals surface area contributed by atoms with Crippen molar-refractivity contribution >= 4 is 29.3 Å². The Hall–Kier alpha value is -4.21. The lowest BCUT2D eigenvalue weighted by Gasteiger charge is -2.38. The van der Waals surface area contributed by atoms with E-state index >= 15 is 0 Å². The molecule has 0 saturated carbocycles. The van der Waals surface area contributed by atoms with Gasteiger partial charge in [-0.25, -0.2) is 4.98 Å². The highest BCUT2D eigenvalue weighted by molar-refractivity contribution is 5.92. The second-order valence-electron chi connectivity index (χ2n) is 9.18. The fourth-order valence-electron chi connectivity index (χ4n) is 4.75. The van der Waals surface area contributed by atoms with Gasteiger partial charge in [-0.15, -0.1) is 0 Å². The third kappa shape index (κ3) is 4.79. The van der Waals surface area contributed by atoms with Crippen molar-refractivity contribution in [1.29, 1.82) is 0 Å². The lowest BCUT2D eigenvalue weighted by molar-refractivity contribution is -0.128. The number of ether oxygens (including phenoxy) is 1. The van der Waals surface area contributed by atoms with Gasteiger partial charge in [-0.2, -0.15) is 4.98 Å². The smallest absolute Gasteiger partial charge is 0.269 e. The normalized spacial score (nSPS) is 16.5. The van der Waals surface area contributed by atoms with Crippen molar-refractivity contribution in [3.05, 3.63) is 60.0 Å². The molecule has 4 heterocycles. The fraction of sp³-hybridized carbons (Fsp3) is 0.346. The van der Waals surface area contributed by atoms with Gasteiger partial charge in [0, 0.05) is 56.4 Å². The first-order chi connectivity index (χ1) is 17.5. The summed E-state index contributed by atoms with van der Waals surface area (Å²) in [6.45, 7) is 4.39. The van der Waals surface area contributed by atoms with Crippen molar-refractivity contribution in [3.8, 4) is 11.5 Å². The first-order valence-corrected chi connectivity index (χ1v) is 12.1. The van der Waals surface area contributed by atoms with Crippen LogP contribution in [0.4, 0.5) is 17.5 Å². The van der Waals surface area contributed by atoms with Crippen molar-refractivity contribution < 1.29 is 14.3 Å². The van der Waals surface area contributed by atoms with Crippen molar-refractivity contribution in [1.82, 2.24) is 25.6 Å². The molecule has 0 unspecified atom stereocenters. The minimum absolute atomic E-state index is 0.201. The van der Waals surface area contributed by atoms with Gasteiger partial charge in [0.25, 0.3) is 5.91 Å². The Kier molecular flexibility index (Phi) is 6.41. The van der Waals surface area contributed by atoms with Crippen LogP contribution in [0, 0.1) is 12.3 Å². The number of hydrogen-bond acceptors (Lipinski definition) is 8. The van der Waals surface area contributed by atoms with Gasteiger partial charge in [-0.05, 0) is 56.5 Å². The standard InChI is InChI=1S/C26H29N7O3/c1-17-16-30-25(32-22(17)33-13-9-26(10-14-33)8-12-29-24(26)35)31-18-3-5-19(6-4-18)36-20-7-11-28-21(15-20)23(34)27-2/h3-7,11,15-16H,8-10,12-14H2,1-2H3,(H,27,34)(H,29,35)(H,30,31,32). The molecule has 3 N–H and O–H groups in total. The SMILES string of the molecule is CNC(=O)c1cc(Oc2ccc(Nc3ncc(C)c(N4CCC5(CCNC5=O)CC4)n3)cc2)ccn1. The summed E-state index contributed by atoms with van der Waals surface area (Å²) in [6.07, 6.45) is 5.96. The molecule has 36 heavy (non-hydrogen) atoms. The number of amides is 2. The maximum absolute atomic E-state index is 12.3. The Balaban J connectivity index is 1.24. The van der Waals surface area contributed by atoms with Gasteiger partial charge >= 0.3 is 0 Å².